The van der Waals surface area contributed by atoms with Gasteiger partial charge in [0.2, 0.25) is 0 Å². The zero-order chi connectivity index (χ0) is 30.2. The fourth-order valence-corrected chi connectivity index (χ4v) is 6.98. The van der Waals surface area contributed by atoms with Crippen LogP contribution in [-0.2, 0) is 0 Å². The Hall–Kier alpha value is -4.47. The summed E-state index contributed by atoms with van der Waals surface area (Å²) >= 11 is 7.54. The minimum Gasteiger partial charge on any atom is -0.351 e. The van der Waals surface area contributed by atoms with Gasteiger partial charge in [-0.15, -0.1) is 0 Å². The molecule has 43 heavy (non-hydrogen) atoms. The highest BCUT2D eigenvalue weighted by Gasteiger charge is 2.42. The topological polar surface area (TPSA) is 76.2 Å². The standard InChI is InChI=1S/C34H31N5O2S2/c1-21-8-9-22(2)31(19-21)37-23(3)20-29(24(37)4)33-32(30-7-5-6-18-35-30)36-34(42)38(33)25-10-14-27(15-11-25)43-28-16-12-26(13-17-28)39(40)41/h5-20,32-33H,1-4H3,(H,36,42). The number of rotatable bonds is 7. The van der Waals surface area contributed by atoms with Crippen molar-refractivity contribution in [3.8, 4) is 5.69 Å². The quantitative estimate of drug-likeness (QED) is 0.114. The summed E-state index contributed by atoms with van der Waals surface area (Å²) in [5.41, 5.74) is 9.13. The van der Waals surface area contributed by atoms with Crippen molar-refractivity contribution in [3.63, 3.8) is 0 Å². The van der Waals surface area contributed by atoms with Gasteiger partial charge in [-0.3, -0.25) is 15.1 Å². The molecule has 2 aromatic heterocycles. The van der Waals surface area contributed by atoms with E-state index >= 15 is 0 Å². The Bertz CT molecular complexity index is 1820. The van der Waals surface area contributed by atoms with Crippen molar-refractivity contribution in [1.82, 2.24) is 14.9 Å². The van der Waals surface area contributed by atoms with E-state index < -0.39 is 0 Å². The number of thiocarbonyl (C=S) groups is 1. The smallest absolute Gasteiger partial charge is 0.269 e. The first-order valence-electron chi connectivity index (χ1n) is 14.0. The molecule has 216 valence electrons. The lowest BCUT2D eigenvalue weighted by molar-refractivity contribution is -0.384. The summed E-state index contributed by atoms with van der Waals surface area (Å²) in [6.07, 6.45) is 1.82. The van der Waals surface area contributed by atoms with Gasteiger partial charge in [-0.2, -0.15) is 0 Å². The number of nitrogens with zero attached hydrogens (tertiary/aromatic N) is 4. The zero-order valence-electron chi connectivity index (χ0n) is 24.3. The number of nitro groups is 1. The molecule has 3 aromatic carbocycles. The maximum absolute atomic E-state index is 11.0. The molecule has 0 amide bonds. The Balaban J connectivity index is 1.39. The molecule has 1 fully saturated rings. The van der Waals surface area contributed by atoms with Gasteiger partial charge in [0.05, 0.1) is 22.7 Å². The molecule has 0 radical (unpaired) electrons. The average molecular weight is 606 g/mol. The Morgan fingerprint density at radius 2 is 1.60 bits per heavy atom. The molecule has 1 saturated heterocycles. The molecule has 9 heteroatoms. The molecule has 2 atom stereocenters. The van der Waals surface area contributed by atoms with Crippen molar-refractivity contribution in [2.75, 3.05) is 4.90 Å². The molecule has 7 nitrogen and oxygen atoms in total. The normalized spacial score (nSPS) is 16.4. The van der Waals surface area contributed by atoms with Gasteiger partial charge in [0.1, 0.15) is 0 Å². The molecular weight excluding hydrogens is 575 g/mol. The molecule has 0 bridgehead atoms. The van der Waals surface area contributed by atoms with E-state index in [1.165, 1.54) is 40.2 Å². The molecule has 2 unspecified atom stereocenters. The van der Waals surface area contributed by atoms with E-state index in [0.717, 1.165) is 26.9 Å². The van der Waals surface area contributed by atoms with Gasteiger partial charge in [-0.05, 0) is 117 Å². The Kier molecular flexibility index (Phi) is 7.77. The minimum atomic E-state index is -0.385. The van der Waals surface area contributed by atoms with Crippen molar-refractivity contribution in [2.24, 2.45) is 0 Å². The third-order valence-corrected chi connectivity index (χ3v) is 9.22. The zero-order valence-corrected chi connectivity index (χ0v) is 25.9. The number of aryl methyl sites for hydroxylation is 3. The number of nitro benzene ring substituents is 1. The first-order chi connectivity index (χ1) is 20.7. The van der Waals surface area contributed by atoms with Gasteiger partial charge in [-0.1, -0.05) is 30.0 Å². The van der Waals surface area contributed by atoms with Crippen LogP contribution in [0.3, 0.4) is 0 Å². The fourth-order valence-electron chi connectivity index (χ4n) is 5.81. The third-order valence-electron chi connectivity index (χ3n) is 7.89. The van der Waals surface area contributed by atoms with Crippen molar-refractivity contribution >= 4 is 40.5 Å². The van der Waals surface area contributed by atoms with E-state index in [1.807, 2.05) is 24.4 Å². The molecule has 0 saturated carbocycles. The minimum absolute atomic E-state index is 0.0835. The van der Waals surface area contributed by atoms with Gasteiger partial charge in [-0.25, -0.2) is 0 Å². The third kappa shape index (κ3) is 5.53. The second-order valence-electron chi connectivity index (χ2n) is 10.8. The van der Waals surface area contributed by atoms with Gasteiger partial charge in [0.25, 0.3) is 5.69 Å². The van der Waals surface area contributed by atoms with Crippen molar-refractivity contribution < 1.29 is 4.92 Å². The number of hydrogen-bond donors (Lipinski definition) is 1. The number of benzene rings is 3. The van der Waals surface area contributed by atoms with Gasteiger partial charge < -0.3 is 14.8 Å². The predicted molar refractivity (Wildman–Crippen MR) is 176 cm³/mol. The molecule has 5 aromatic rings. The number of anilines is 1. The largest absolute Gasteiger partial charge is 0.351 e. The Morgan fingerprint density at radius 1 is 0.907 bits per heavy atom. The second-order valence-corrected chi connectivity index (χ2v) is 12.3. The predicted octanol–water partition coefficient (Wildman–Crippen LogP) is 8.34. The van der Waals surface area contributed by atoms with E-state index in [-0.39, 0.29) is 22.7 Å². The van der Waals surface area contributed by atoms with Crippen LogP contribution >= 0.6 is 24.0 Å². The lowest BCUT2D eigenvalue weighted by Gasteiger charge is -2.28. The number of pyridine rings is 1. The van der Waals surface area contributed by atoms with Crippen molar-refractivity contribution in [1.29, 1.82) is 0 Å². The molecule has 0 aliphatic carbocycles. The summed E-state index contributed by atoms with van der Waals surface area (Å²) in [6, 6.07) is 29.5. The summed E-state index contributed by atoms with van der Waals surface area (Å²) < 4.78 is 2.34. The maximum Gasteiger partial charge on any atom is 0.269 e. The molecule has 1 N–H and O–H groups in total. The Labute approximate surface area is 260 Å². The highest BCUT2D eigenvalue weighted by atomic mass is 32.2. The van der Waals surface area contributed by atoms with E-state index in [2.05, 4.69) is 91.0 Å². The molecule has 1 aliphatic rings. The molecule has 1 aliphatic heterocycles. The van der Waals surface area contributed by atoms with Crippen molar-refractivity contribution in [3.05, 3.63) is 141 Å². The van der Waals surface area contributed by atoms with Crippen LogP contribution in [0.5, 0.6) is 0 Å². The highest BCUT2D eigenvalue weighted by Crippen LogP contribution is 2.44. The Morgan fingerprint density at radius 3 is 2.26 bits per heavy atom. The van der Waals surface area contributed by atoms with Crippen LogP contribution in [0.4, 0.5) is 11.4 Å². The first-order valence-corrected chi connectivity index (χ1v) is 15.2. The van der Waals surface area contributed by atoms with E-state index in [1.54, 1.807) is 23.9 Å². The van der Waals surface area contributed by atoms with Crippen LogP contribution in [0.1, 0.15) is 45.9 Å². The summed E-state index contributed by atoms with van der Waals surface area (Å²) in [5, 5.41) is 15.2. The number of non-ortho nitro benzene ring substituents is 1. The van der Waals surface area contributed by atoms with Crippen LogP contribution in [0.15, 0.2) is 107 Å². The lowest BCUT2D eigenvalue weighted by atomic mass is 9.96. The van der Waals surface area contributed by atoms with Crippen LogP contribution in [0.2, 0.25) is 0 Å². The molecule has 3 heterocycles. The van der Waals surface area contributed by atoms with E-state index in [0.29, 0.717) is 5.11 Å². The van der Waals surface area contributed by atoms with Gasteiger partial charge in [0.15, 0.2) is 5.11 Å². The number of hydrogen-bond acceptors (Lipinski definition) is 5. The van der Waals surface area contributed by atoms with E-state index in [4.69, 9.17) is 17.2 Å². The SMILES string of the molecule is Cc1ccc(C)c(-n2c(C)cc(C3C(c4ccccn4)NC(=S)N3c3ccc(Sc4ccc([N+](=O)[O-])cc4)cc3)c2C)c1. The van der Waals surface area contributed by atoms with Gasteiger partial charge in [0, 0.05) is 50.9 Å². The lowest BCUT2D eigenvalue weighted by Crippen LogP contribution is -2.29. The summed E-state index contributed by atoms with van der Waals surface area (Å²) in [6.45, 7) is 8.62. The fraction of sp³-hybridized carbons (Fsp3) is 0.176. The summed E-state index contributed by atoms with van der Waals surface area (Å²) in [7, 11) is 0. The maximum atomic E-state index is 11.0. The summed E-state index contributed by atoms with van der Waals surface area (Å²) in [5.74, 6) is 0. The van der Waals surface area contributed by atoms with Crippen LogP contribution in [0.25, 0.3) is 5.69 Å². The highest BCUT2D eigenvalue weighted by molar-refractivity contribution is 7.99. The number of aromatic nitrogens is 2. The number of nitrogens with one attached hydrogen (secondary N) is 1. The second kappa shape index (κ2) is 11.7. The van der Waals surface area contributed by atoms with Crippen LogP contribution < -0.4 is 10.2 Å². The molecular formula is C34H31N5O2S2. The average Bonchev–Trinajstić information content (AvgIpc) is 3.50. The molecule has 0 spiro atoms. The van der Waals surface area contributed by atoms with Crippen molar-refractivity contribution in [2.45, 2.75) is 49.6 Å². The summed E-state index contributed by atoms with van der Waals surface area (Å²) in [4.78, 5) is 19.5. The van der Waals surface area contributed by atoms with E-state index in [9.17, 15) is 10.1 Å². The van der Waals surface area contributed by atoms with Gasteiger partial charge >= 0.3 is 0 Å². The molecule has 6 rings (SSSR count). The van der Waals surface area contributed by atoms with Crippen LogP contribution in [0, 0.1) is 37.8 Å². The first kappa shape index (κ1) is 28.6. The monoisotopic (exact) mass is 605 g/mol. The van der Waals surface area contributed by atoms with Crippen LogP contribution in [-0.4, -0.2) is 19.6 Å².